The van der Waals surface area contributed by atoms with Crippen LogP contribution in [0.2, 0.25) is 0 Å². The van der Waals surface area contributed by atoms with Gasteiger partial charge in [-0.05, 0) is 88.1 Å². The van der Waals surface area contributed by atoms with Crippen LogP contribution in [0.5, 0.6) is 0 Å². The van der Waals surface area contributed by atoms with Crippen molar-refractivity contribution >= 4 is 5.97 Å². The smallest absolute Gasteiger partial charge is 0.320 e. The second kappa shape index (κ2) is 13.1. The number of hydrogen-bond donors (Lipinski definition) is 1. The third-order valence-electron chi connectivity index (χ3n) is 10.1. The van der Waals surface area contributed by atoms with Crippen LogP contribution >= 0.6 is 0 Å². The van der Waals surface area contributed by atoms with Crippen LogP contribution in [0, 0.1) is 18.8 Å². The third-order valence-corrected chi connectivity index (χ3v) is 10.1. The van der Waals surface area contributed by atoms with E-state index in [0.29, 0.717) is 23.7 Å². The first-order valence-corrected chi connectivity index (χ1v) is 16.3. The minimum atomic E-state index is -0.637. The Morgan fingerprint density at radius 2 is 1.76 bits per heavy atom. The zero-order chi connectivity index (χ0) is 29.1. The van der Waals surface area contributed by atoms with Gasteiger partial charge in [0, 0.05) is 43.7 Å². The number of piperidine rings is 1. The molecule has 6 rings (SSSR count). The summed E-state index contributed by atoms with van der Waals surface area (Å²) in [5.41, 5.74) is 6.66. The number of carbonyl (C=O) groups is 1. The van der Waals surface area contributed by atoms with E-state index in [1.165, 1.54) is 40.9 Å². The molecule has 1 N–H and O–H groups in total. The minimum Gasteiger partial charge on any atom is -0.480 e. The largest absolute Gasteiger partial charge is 0.480 e. The number of carboxylic acids is 1. The zero-order valence-electron chi connectivity index (χ0n) is 25.5. The molecular weight excluding hydrogens is 520 g/mol. The van der Waals surface area contributed by atoms with Gasteiger partial charge >= 0.3 is 5.97 Å². The summed E-state index contributed by atoms with van der Waals surface area (Å²) < 4.78 is 2.25. The molecular formula is C36H48N4O2. The first-order chi connectivity index (χ1) is 20.5. The summed E-state index contributed by atoms with van der Waals surface area (Å²) >= 11 is 0. The summed E-state index contributed by atoms with van der Waals surface area (Å²) in [7, 11) is 0. The number of carboxylic acid groups (broad SMARTS) is 1. The lowest BCUT2D eigenvalue weighted by Crippen LogP contribution is -2.41. The normalized spacial score (nSPS) is 22.9. The molecule has 6 nitrogen and oxygen atoms in total. The van der Waals surface area contributed by atoms with Crippen molar-refractivity contribution in [2.24, 2.45) is 11.8 Å². The van der Waals surface area contributed by atoms with Gasteiger partial charge in [-0.3, -0.25) is 14.4 Å². The molecule has 2 aliphatic heterocycles. The van der Waals surface area contributed by atoms with Crippen molar-refractivity contribution in [1.82, 2.24) is 19.6 Å². The predicted molar refractivity (Wildman–Crippen MR) is 168 cm³/mol. The Labute approximate surface area is 251 Å². The van der Waals surface area contributed by atoms with Gasteiger partial charge in [-0.25, -0.2) is 0 Å². The zero-order valence-corrected chi connectivity index (χ0v) is 25.5. The number of aromatic nitrogens is 2. The van der Waals surface area contributed by atoms with Gasteiger partial charge in [-0.1, -0.05) is 73.0 Å². The van der Waals surface area contributed by atoms with Gasteiger partial charge < -0.3 is 10.0 Å². The molecule has 1 aromatic heterocycles. The Kier molecular flexibility index (Phi) is 9.11. The Morgan fingerprint density at radius 1 is 0.976 bits per heavy atom. The molecule has 0 radical (unpaired) electrons. The maximum absolute atomic E-state index is 12.3. The molecule has 42 heavy (non-hydrogen) atoms. The third kappa shape index (κ3) is 6.98. The van der Waals surface area contributed by atoms with Crippen molar-refractivity contribution in [3.8, 4) is 0 Å². The number of aryl methyl sites for hydroxylation is 4. The van der Waals surface area contributed by atoms with Crippen LogP contribution in [0.4, 0.5) is 0 Å². The average Bonchev–Trinajstić information content (AvgIpc) is 3.59. The first kappa shape index (κ1) is 29.1. The number of benzene rings is 2. The van der Waals surface area contributed by atoms with Crippen LogP contribution in [-0.2, 0) is 24.2 Å². The van der Waals surface area contributed by atoms with Crippen LogP contribution in [0.3, 0.4) is 0 Å². The molecule has 0 spiro atoms. The van der Waals surface area contributed by atoms with E-state index < -0.39 is 5.97 Å². The SMILES string of the molecule is CCn1nc(CCc2ccccc2)cc1C1CCN(C[C@H]2CN([C@H](CC3CC3)C(=O)O)C[C@@H]2c2cccc(C)c2)CC1. The van der Waals surface area contributed by atoms with E-state index in [9.17, 15) is 9.90 Å². The highest BCUT2D eigenvalue weighted by Gasteiger charge is 2.42. The lowest BCUT2D eigenvalue weighted by atomic mass is 9.86. The van der Waals surface area contributed by atoms with Crippen LogP contribution < -0.4 is 0 Å². The standard InChI is InChI=1S/C36H48N4O2/c1-3-40-34(22-32(37-40)15-14-27-9-5-4-6-10-27)29-16-18-38(19-17-29)23-31-24-39(35(36(41)42)21-28-12-13-28)25-33(31)30-11-7-8-26(2)20-30/h4-11,20,22,28-29,31,33,35H,3,12-19,21,23-25H2,1-2H3,(H,41,42)/t31-,33+,35+/m0/s1. The number of aliphatic carboxylic acids is 1. The molecule has 2 aromatic carbocycles. The van der Waals surface area contributed by atoms with Gasteiger partial charge in [0.05, 0.1) is 5.69 Å². The molecule has 0 amide bonds. The van der Waals surface area contributed by atoms with Crippen molar-refractivity contribution in [3.05, 3.63) is 88.7 Å². The van der Waals surface area contributed by atoms with Gasteiger partial charge in [0.15, 0.2) is 0 Å². The van der Waals surface area contributed by atoms with Crippen LogP contribution in [0.15, 0.2) is 60.7 Å². The van der Waals surface area contributed by atoms with Crippen molar-refractivity contribution in [1.29, 1.82) is 0 Å². The van der Waals surface area contributed by atoms with Gasteiger partial charge in [0.1, 0.15) is 6.04 Å². The molecule has 0 bridgehead atoms. The first-order valence-electron chi connectivity index (χ1n) is 16.3. The topological polar surface area (TPSA) is 61.6 Å². The van der Waals surface area contributed by atoms with Crippen LogP contribution in [0.1, 0.15) is 78.9 Å². The van der Waals surface area contributed by atoms with Gasteiger partial charge in [-0.15, -0.1) is 0 Å². The highest BCUT2D eigenvalue weighted by Crippen LogP contribution is 2.40. The van der Waals surface area contributed by atoms with E-state index in [1.54, 1.807) is 0 Å². The highest BCUT2D eigenvalue weighted by atomic mass is 16.4. The molecule has 3 atom stereocenters. The van der Waals surface area contributed by atoms with Crippen molar-refractivity contribution in [2.75, 3.05) is 32.7 Å². The number of likely N-dealkylation sites (tertiary alicyclic amines) is 2. The van der Waals surface area contributed by atoms with E-state index in [2.05, 4.69) is 89.0 Å². The maximum Gasteiger partial charge on any atom is 0.320 e. The lowest BCUT2D eigenvalue weighted by molar-refractivity contribution is -0.143. The van der Waals surface area contributed by atoms with E-state index in [-0.39, 0.29) is 6.04 Å². The van der Waals surface area contributed by atoms with E-state index in [0.717, 1.165) is 71.4 Å². The summed E-state index contributed by atoms with van der Waals surface area (Å²) in [6, 6.07) is 21.7. The summed E-state index contributed by atoms with van der Waals surface area (Å²) in [5.74, 6) is 1.37. The fraction of sp³-hybridized carbons (Fsp3) is 0.556. The van der Waals surface area contributed by atoms with Gasteiger partial charge in [-0.2, -0.15) is 5.10 Å². The fourth-order valence-corrected chi connectivity index (χ4v) is 7.55. The summed E-state index contributed by atoms with van der Waals surface area (Å²) in [6.45, 7) is 10.3. The summed E-state index contributed by atoms with van der Waals surface area (Å²) in [6.07, 6.45) is 7.55. The molecule has 224 valence electrons. The van der Waals surface area contributed by atoms with Gasteiger partial charge in [0.25, 0.3) is 0 Å². The second-order valence-electron chi connectivity index (χ2n) is 13.2. The van der Waals surface area contributed by atoms with Crippen molar-refractivity contribution in [3.63, 3.8) is 0 Å². The van der Waals surface area contributed by atoms with Gasteiger partial charge in [0.2, 0.25) is 0 Å². The van der Waals surface area contributed by atoms with E-state index in [1.807, 2.05) is 0 Å². The molecule has 3 fully saturated rings. The van der Waals surface area contributed by atoms with E-state index >= 15 is 0 Å². The van der Waals surface area contributed by atoms with Crippen LogP contribution in [-0.4, -0.2) is 69.4 Å². The summed E-state index contributed by atoms with van der Waals surface area (Å²) in [4.78, 5) is 17.3. The fourth-order valence-electron chi connectivity index (χ4n) is 7.55. The Bertz CT molecular complexity index is 1330. The molecule has 3 aliphatic rings. The Hall–Kier alpha value is -2.96. The van der Waals surface area contributed by atoms with Crippen LogP contribution in [0.25, 0.3) is 0 Å². The average molecular weight is 569 g/mol. The minimum absolute atomic E-state index is 0.342. The lowest BCUT2D eigenvalue weighted by Gasteiger charge is -2.35. The van der Waals surface area contributed by atoms with Crippen molar-refractivity contribution < 1.29 is 9.90 Å². The highest BCUT2D eigenvalue weighted by molar-refractivity contribution is 5.73. The molecule has 6 heteroatoms. The molecule has 2 saturated heterocycles. The molecule has 1 aliphatic carbocycles. The molecule has 0 unspecified atom stereocenters. The number of rotatable bonds is 12. The van der Waals surface area contributed by atoms with E-state index in [4.69, 9.17) is 5.10 Å². The number of nitrogens with zero attached hydrogens (tertiary/aromatic N) is 4. The number of hydrogen-bond acceptors (Lipinski definition) is 4. The van der Waals surface area contributed by atoms with Crippen molar-refractivity contribution in [2.45, 2.75) is 83.2 Å². The molecule has 1 saturated carbocycles. The summed E-state index contributed by atoms with van der Waals surface area (Å²) in [5, 5.41) is 15.1. The predicted octanol–water partition coefficient (Wildman–Crippen LogP) is 6.14. The maximum atomic E-state index is 12.3. The Balaban J connectivity index is 1.10. The monoisotopic (exact) mass is 568 g/mol. The Morgan fingerprint density at radius 3 is 2.45 bits per heavy atom. The molecule has 3 heterocycles. The second-order valence-corrected chi connectivity index (χ2v) is 13.2. The quantitative estimate of drug-likeness (QED) is 0.284. The molecule has 3 aromatic rings.